The molecular formula is C24H26N2O4. The van der Waals surface area contributed by atoms with Crippen molar-refractivity contribution in [2.75, 3.05) is 10.6 Å². The first-order chi connectivity index (χ1) is 14.5. The van der Waals surface area contributed by atoms with Crippen molar-refractivity contribution < 1.29 is 18.7 Å². The van der Waals surface area contributed by atoms with Crippen LogP contribution in [0.3, 0.4) is 0 Å². The van der Waals surface area contributed by atoms with Crippen LogP contribution in [0.4, 0.5) is 11.4 Å². The van der Waals surface area contributed by atoms with Gasteiger partial charge in [-0.3, -0.25) is 4.79 Å². The summed E-state index contributed by atoms with van der Waals surface area (Å²) in [6.45, 7) is 6.10. The van der Waals surface area contributed by atoms with Crippen LogP contribution in [0, 0.1) is 0 Å². The zero-order valence-corrected chi connectivity index (χ0v) is 17.3. The van der Waals surface area contributed by atoms with Gasteiger partial charge in [0.05, 0.1) is 18.4 Å². The van der Waals surface area contributed by atoms with Gasteiger partial charge in [0, 0.05) is 11.4 Å². The first kappa shape index (κ1) is 21.2. The monoisotopic (exact) mass is 406 g/mol. The normalized spacial score (nSPS) is 11.7. The summed E-state index contributed by atoms with van der Waals surface area (Å²) in [6.07, 6.45) is 0.644. The highest BCUT2D eigenvalue weighted by molar-refractivity contribution is 6.00. The van der Waals surface area contributed by atoms with E-state index >= 15 is 0 Å². The van der Waals surface area contributed by atoms with Crippen LogP contribution in [0.2, 0.25) is 0 Å². The molecule has 6 nitrogen and oxygen atoms in total. The van der Waals surface area contributed by atoms with Gasteiger partial charge >= 0.3 is 5.97 Å². The van der Waals surface area contributed by atoms with Crippen molar-refractivity contribution in [3.63, 3.8) is 0 Å². The third-order valence-electron chi connectivity index (χ3n) is 4.67. The molecule has 0 aliphatic heterocycles. The van der Waals surface area contributed by atoms with Gasteiger partial charge in [0.2, 0.25) is 0 Å². The van der Waals surface area contributed by atoms with Gasteiger partial charge in [-0.05, 0) is 48.7 Å². The maximum absolute atomic E-state index is 12.7. The lowest BCUT2D eigenvalue weighted by Crippen LogP contribution is -2.30. The van der Waals surface area contributed by atoms with Gasteiger partial charge < -0.3 is 19.8 Å². The summed E-state index contributed by atoms with van der Waals surface area (Å²) in [6, 6.07) is 18.3. The molecule has 3 rings (SSSR count). The van der Waals surface area contributed by atoms with E-state index in [0.29, 0.717) is 17.8 Å². The molecule has 2 N–H and O–H groups in total. The molecule has 0 saturated heterocycles. The van der Waals surface area contributed by atoms with E-state index in [0.717, 1.165) is 17.0 Å². The number of carbonyl (C=O) groups excluding carboxylic acids is 2. The number of esters is 1. The number of furan rings is 1. The molecule has 0 spiro atoms. The number of rotatable bonds is 8. The number of anilines is 2. The Bertz CT molecular complexity index is 996. The topological polar surface area (TPSA) is 80.6 Å². The molecule has 0 aliphatic carbocycles. The van der Waals surface area contributed by atoms with Crippen LogP contribution in [0.15, 0.2) is 71.3 Å². The molecule has 1 aromatic heterocycles. The van der Waals surface area contributed by atoms with Gasteiger partial charge in [-0.25, -0.2) is 4.79 Å². The average molecular weight is 406 g/mol. The van der Waals surface area contributed by atoms with Crippen LogP contribution >= 0.6 is 0 Å². The Morgan fingerprint density at radius 3 is 2.33 bits per heavy atom. The maximum atomic E-state index is 12.7. The largest absolute Gasteiger partial charge is 0.467 e. The number of nitrogens with one attached hydrogen (secondary N) is 2. The minimum atomic E-state index is -0.948. The first-order valence-corrected chi connectivity index (χ1v) is 9.91. The lowest BCUT2D eigenvalue weighted by atomic mass is 10.0. The SMILES string of the molecule is CC(C)c1ccccc1NC(=O)[C@H](C)OC(=O)c1ccccc1NCc1ccco1. The zero-order chi connectivity index (χ0) is 21.5. The quantitative estimate of drug-likeness (QED) is 0.503. The van der Waals surface area contributed by atoms with E-state index in [1.807, 2.05) is 36.4 Å². The smallest absolute Gasteiger partial charge is 0.341 e. The molecule has 0 fully saturated rings. The Kier molecular flexibility index (Phi) is 6.91. The Morgan fingerprint density at radius 2 is 1.63 bits per heavy atom. The van der Waals surface area contributed by atoms with Crippen molar-refractivity contribution in [1.82, 2.24) is 0 Å². The van der Waals surface area contributed by atoms with E-state index in [2.05, 4.69) is 24.5 Å². The Labute approximate surface area is 176 Å². The van der Waals surface area contributed by atoms with Crippen LogP contribution in [0.1, 0.15) is 48.4 Å². The van der Waals surface area contributed by atoms with E-state index in [-0.39, 0.29) is 11.8 Å². The molecule has 1 amide bonds. The summed E-state index contributed by atoms with van der Waals surface area (Å²) >= 11 is 0. The molecule has 0 aliphatic rings. The lowest BCUT2D eigenvalue weighted by molar-refractivity contribution is -0.123. The van der Waals surface area contributed by atoms with Crippen molar-refractivity contribution in [1.29, 1.82) is 0 Å². The van der Waals surface area contributed by atoms with Crippen LogP contribution < -0.4 is 10.6 Å². The summed E-state index contributed by atoms with van der Waals surface area (Å²) < 4.78 is 10.7. The Morgan fingerprint density at radius 1 is 0.933 bits per heavy atom. The molecule has 0 bridgehead atoms. The van der Waals surface area contributed by atoms with Gasteiger partial charge in [-0.1, -0.05) is 44.2 Å². The third kappa shape index (κ3) is 5.29. The first-order valence-electron chi connectivity index (χ1n) is 9.91. The third-order valence-corrected chi connectivity index (χ3v) is 4.67. The van der Waals surface area contributed by atoms with Gasteiger partial charge in [0.15, 0.2) is 6.10 Å². The fourth-order valence-electron chi connectivity index (χ4n) is 3.04. The van der Waals surface area contributed by atoms with E-state index in [1.165, 1.54) is 0 Å². The highest BCUT2D eigenvalue weighted by Crippen LogP contribution is 2.24. The van der Waals surface area contributed by atoms with Gasteiger partial charge in [0.1, 0.15) is 5.76 Å². The molecule has 30 heavy (non-hydrogen) atoms. The minimum Gasteiger partial charge on any atom is -0.467 e. The molecule has 0 saturated carbocycles. The zero-order valence-electron chi connectivity index (χ0n) is 17.3. The standard InChI is InChI=1S/C24H26N2O4/c1-16(2)19-10-4-7-13-22(19)26-23(27)17(3)30-24(28)20-11-5-6-12-21(20)25-15-18-9-8-14-29-18/h4-14,16-17,25H,15H2,1-3H3,(H,26,27)/t17-/m0/s1. The van der Waals surface area contributed by atoms with Crippen LogP contribution in [0.5, 0.6) is 0 Å². The second-order valence-electron chi connectivity index (χ2n) is 7.26. The number of amides is 1. The molecular weight excluding hydrogens is 380 g/mol. The van der Waals surface area contributed by atoms with Crippen LogP contribution in [0.25, 0.3) is 0 Å². The molecule has 0 radical (unpaired) electrons. The van der Waals surface area contributed by atoms with Gasteiger partial charge in [0.25, 0.3) is 5.91 Å². The second kappa shape index (κ2) is 9.78. The van der Waals surface area contributed by atoms with Crippen molar-refractivity contribution in [2.24, 2.45) is 0 Å². The predicted molar refractivity (Wildman–Crippen MR) is 117 cm³/mol. The molecule has 3 aromatic rings. The van der Waals surface area contributed by atoms with E-state index < -0.39 is 12.1 Å². The number of hydrogen-bond donors (Lipinski definition) is 2. The van der Waals surface area contributed by atoms with E-state index in [1.54, 1.807) is 37.5 Å². The second-order valence-corrected chi connectivity index (χ2v) is 7.26. The van der Waals surface area contributed by atoms with E-state index in [4.69, 9.17) is 9.15 Å². The molecule has 1 heterocycles. The molecule has 0 unspecified atom stereocenters. The van der Waals surface area contributed by atoms with E-state index in [9.17, 15) is 9.59 Å². The fraction of sp³-hybridized carbons (Fsp3) is 0.250. The maximum Gasteiger partial charge on any atom is 0.341 e. The molecule has 2 aromatic carbocycles. The van der Waals surface area contributed by atoms with Gasteiger partial charge in [-0.15, -0.1) is 0 Å². The van der Waals surface area contributed by atoms with Crippen molar-refractivity contribution in [3.05, 3.63) is 83.8 Å². The summed E-state index contributed by atoms with van der Waals surface area (Å²) in [5.41, 5.74) is 2.71. The highest BCUT2D eigenvalue weighted by atomic mass is 16.5. The van der Waals surface area contributed by atoms with Crippen LogP contribution in [-0.2, 0) is 16.1 Å². The summed E-state index contributed by atoms with van der Waals surface area (Å²) in [7, 11) is 0. The number of carbonyl (C=O) groups is 2. The Balaban J connectivity index is 1.65. The van der Waals surface area contributed by atoms with Crippen molar-refractivity contribution >= 4 is 23.3 Å². The molecule has 1 atom stereocenters. The summed E-state index contributed by atoms with van der Waals surface area (Å²) in [4.78, 5) is 25.3. The van der Waals surface area contributed by atoms with Crippen molar-refractivity contribution in [2.45, 2.75) is 39.3 Å². The molecule has 6 heteroatoms. The number of para-hydroxylation sites is 2. The average Bonchev–Trinajstić information content (AvgIpc) is 3.26. The summed E-state index contributed by atoms with van der Waals surface area (Å²) in [5, 5.41) is 6.03. The molecule has 156 valence electrons. The number of hydrogen-bond acceptors (Lipinski definition) is 5. The minimum absolute atomic E-state index is 0.256. The number of benzene rings is 2. The van der Waals surface area contributed by atoms with Gasteiger partial charge in [-0.2, -0.15) is 0 Å². The highest BCUT2D eigenvalue weighted by Gasteiger charge is 2.22. The Hall–Kier alpha value is -3.54. The van der Waals surface area contributed by atoms with Crippen molar-refractivity contribution in [3.8, 4) is 0 Å². The number of ether oxygens (including phenoxy) is 1. The van der Waals surface area contributed by atoms with Crippen LogP contribution in [-0.4, -0.2) is 18.0 Å². The summed E-state index contributed by atoms with van der Waals surface area (Å²) in [5.74, 6) is 0.0519. The fourth-order valence-corrected chi connectivity index (χ4v) is 3.04. The lowest BCUT2D eigenvalue weighted by Gasteiger charge is -2.18. The predicted octanol–water partition coefficient (Wildman–Crippen LogP) is 5.20.